The van der Waals surface area contributed by atoms with Crippen molar-refractivity contribution in [1.82, 2.24) is 5.32 Å². The number of methoxy groups -OCH3 is 2. The number of ether oxygens (including phenoxy) is 4. The molecule has 1 amide bonds. The maximum atomic E-state index is 14.5. The van der Waals surface area contributed by atoms with Crippen LogP contribution in [0.5, 0.6) is 17.2 Å². The molecule has 1 heterocycles. The van der Waals surface area contributed by atoms with E-state index in [9.17, 15) is 10.3 Å². The largest absolute Gasteiger partial charge is 0.494 e. The first-order valence-corrected chi connectivity index (χ1v) is 15.3. The van der Waals surface area contributed by atoms with Crippen molar-refractivity contribution in [2.75, 3.05) is 34.0 Å². The molecular formula is C36H37N5O6. The summed E-state index contributed by atoms with van der Waals surface area (Å²) in [7, 11) is 3.17. The van der Waals surface area contributed by atoms with E-state index in [-0.39, 0.29) is 18.9 Å². The molecule has 0 aromatic heterocycles. The maximum absolute atomic E-state index is 14.5. The lowest BCUT2D eigenvalue weighted by molar-refractivity contribution is -0.128. The normalized spacial score (nSPS) is 16.7. The molecule has 1 aliphatic rings. The molecule has 2 atom stereocenters. The number of aliphatic hydroxyl groups is 1. The quantitative estimate of drug-likeness (QED) is 0.0682. The lowest BCUT2D eigenvalue weighted by Gasteiger charge is -2.31. The molecule has 4 aromatic carbocycles. The van der Waals surface area contributed by atoms with E-state index in [4.69, 9.17) is 29.0 Å². The van der Waals surface area contributed by atoms with Gasteiger partial charge in [-0.1, -0.05) is 65.8 Å². The predicted octanol–water partition coefficient (Wildman–Crippen LogP) is 6.27. The van der Waals surface area contributed by atoms with Gasteiger partial charge in [0.25, 0.3) is 5.91 Å². The van der Waals surface area contributed by atoms with E-state index in [2.05, 4.69) is 15.3 Å². The number of nitrogens with zero attached hydrogens (tertiary/aromatic N) is 4. The van der Waals surface area contributed by atoms with Gasteiger partial charge in [0.1, 0.15) is 5.75 Å². The van der Waals surface area contributed by atoms with Gasteiger partial charge in [-0.3, -0.25) is 4.79 Å². The minimum atomic E-state index is -1.45. The van der Waals surface area contributed by atoms with Crippen molar-refractivity contribution < 1.29 is 28.8 Å². The first kappa shape index (κ1) is 32.9. The van der Waals surface area contributed by atoms with Crippen molar-refractivity contribution in [3.63, 3.8) is 0 Å². The van der Waals surface area contributed by atoms with Gasteiger partial charge in [0, 0.05) is 42.2 Å². The fourth-order valence-corrected chi connectivity index (χ4v) is 5.52. The fourth-order valence-electron chi connectivity index (χ4n) is 5.52. The summed E-state index contributed by atoms with van der Waals surface area (Å²) in [5.41, 5.74) is 11.3. The highest BCUT2D eigenvalue weighted by atomic mass is 16.5. The van der Waals surface area contributed by atoms with Crippen LogP contribution in [0.3, 0.4) is 0 Å². The van der Waals surface area contributed by atoms with Crippen LogP contribution in [0.2, 0.25) is 0 Å². The van der Waals surface area contributed by atoms with Gasteiger partial charge in [0.2, 0.25) is 5.90 Å². The minimum Gasteiger partial charge on any atom is -0.494 e. The topological polar surface area (TPSA) is 147 Å². The van der Waals surface area contributed by atoms with Crippen LogP contribution < -0.4 is 19.5 Å². The van der Waals surface area contributed by atoms with Crippen LogP contribution in [-0.2, 0) is 22.4 Å². The number of benzene rings is 4. The third-order valence-electron chi connectivity index (χ3n) is 7.88. The molecule has 11 heteroatoms. The number of carbonyl (C=O) groups excluding carboxylic acids is 1. The number of aliphatic imine (C=N–C) groups is 1. The Kier molecular flexibility index (Phi) is 11.0. The van der Waals surface area contributed by atoms with Crippen molar-refractivity contribution in [3.8, 4) is 17.2 Å². The van der Waals surface area contributed by atoms with Crippen LogP contribution in [-0.4, -0.2) is 56.4 Å². The molecule has 5 rings (SSSR count). The summed E-state index contributed by atoms with van der Waals surface area (Å²) in [6.07, 6.45) is 0.370. The van der Waals surface area contributed by atoms with E-state index in [1.54, 1.807) is 38.5 Å². The predicted molar refractivity (Wildman–Crippen MR) is 178 cm³/mol. The molecule has 4 aromatic rings. The average molecular weight is 636 g/mol. The molecule has 47 heavy (non-hydrogen) atoms. The standard InChI is InChI=1S/C36H37N5O6/c1-44-31-18-13-25(23-32(31)45-2)19-20-38-35(43)36(24-28-11-6-7-12-30(28)40-41-37)33(26-9-4-3-5-10-26)47-34(39-36)27-14-16-29(17-15-27)46-22-8-21-42/h3-7,9-18,23,33,42H,8,19-22,24H2,1-2H3,(H,38,43)/t33-,36-/m1/s1. The maximum Gasteiger partial charge on any atom is 0.252 e. The monoisotopic (exact) mass is 635 g/mol. The molecule has 0 saturated carbocycles. The fraction of sp³-hybridized carbons (Fsp3) is 0.278. The van der Waals surface area contributed by atoms with Gasteiger partial charge in [-0.25, -0.2) is 4.99 Å². The van der Waals surface area contributed by atoms with Crippen LogP contribution in [0.25, 0.3) is 10.4 Å². The van der Waals surface area contributed by atoms with E-state index >= 15 is 0 Å². The zero-order valence-corrected chi connectivity index (χ0v) is 26.3. The van der Waals surface area contributed by atoms with Crippen molar-refractivity contribution in [1.29, 1.82) is 0 Å². The molecule has 0 saturated heterocycles. The third-order valence-corrected chi connectivity index (χ3v) is 7.88. The third kappa shape index (κ3) is 7.66. The summed E-state index contributed by atoms with van der Waals surface area (Å²) >= 11 is 0. The molecule has 0 bridgehead atoms. The number of aliphatic hydroxyl groups excluding tert-OH is 1. The van der Waals surface area contributed by atoms with E-state index < -0.39 is 11.6 Å². The summed E-state index contributed by atoms with van der Waals surface area (Å²) in [6.45, 7) is 0.756. The Morgan fingerprint density at radius 3 is 2.47 bits per heavy atom. The molecule has 0 spiro atoms. The summed E-state index contributed by atoms with van der Waals surface area (Å²) in [4.78, 5) is 22.6. The number of rotatable bonds is 15. The highest BCUT2D eigenvalue weighted by Gasteiger charge is 2.53. The zero-order valence-electron chi connectivity index (χ0n) is 26.3. The van der Waals surface area contributed by atoms with Gasteiger partial charge in [0.05, 0.1) is 20.8 Å². The second-order valence-corrected chi connectivity index (χ2v) is 10.9. The van der Waals surface area contributed by atoms with E-state index in [0.29, 0.717) is 66.0 Å². The van der Waals surface area contributed by atoms with Crippen LogP contribution in [0, 0.1) is 0 Å². The van der Waals surface area contributed by atoms with Gasteiger partial charge in [-0.2, -0.15) is 0 Å². The summed E-state index contributed by atoms with van der Waals surface area (Å²) < 4.78 is 23.1. The Balaban J connectivity index is 1.52. The van der Waals surface area contributed by atoms with Crippen molar-refractivity contribution >= 4 is 17.5 Å². The van der Waals surface area contributed by atoms with Gasteiger partial charge < -0.3 is 29.4 Å². The SMILES string of the molecule is COc1ccc(CCNC(=O)[C@]2(Cc3ccccc3N=[N+]=[N-])N=C(c3ccc(OCCCO)cc3)O[C@@H]2c2ccccc2)cc1OC. The molecular weight excluding hydrogens is 598 g/mol. The first-order chi connectivity index (χ1) is 23.0. The number of nitrogens with one attached hydrogen (secondary N) is 1. The Hall–Kier alpha value is -5.51. The average Bonchev–Trinajstić information content (AvgIpc) is 3.50. The first-order valence-electron chi connectivity index (χ1n) is 15.3. The molecule has 242 valence electrons. The Morgan fingerprint density at radius 1 is 1.00 bits per heavy atom. The second-order valence-electron chi connectivity index (χ2n) is 10.9. The number of carbonyl (C=O) groups is 1. The van der Waals surface area contributed by atoms with Gasteiger partial charge >= 0.3 is 0 Å². The smallest absolute Gasteiger partial charge is 0.252 e. The van der Waals surface area contributed by atoms with E-state index in [1.165, 1.54) is 0 Å². The van der Waals surface area contributed by atoms with E-state index in [1.807, 2.05) is 72.8 Å². The van der Waals surface area contributed by atoms with Crippen LogP contribution in [0.15, 0.2) is 107 Å². The Morgan fingerprint density at radius 2 is 1.74 bits per heavy atom. The van der Waals surface area contributed by atoms with Gasteiger partial charge in [0.15, 0.2) is 23.1 Å². The molecule has 0 radical (unpaired) electrons. The highest BCUT2D eigenvalue weighted by molar-refractivity contribution is 6.01. The molecule has 11 nitrogen and oxygen atoms in total. The van der Waals surface area contributed by atoms with Crippen LogP contribution >= 0.6 is 0 Å². The van der Waals surface area contributed by atoms with Crippen molar-refractivity contribution in [2.45, 2.75) is 30.9 Å². The lowest BCUT2D eigenvalue weighted by atomic mass is 9.81. The van der Waals surface area contributed by atoms with Crippen molar-refractivity contribution in [3.05, 3.63) is 130 Å². The number of hydrogen-bond donors (Lipinski definition) is 2. The lowest BCUT2D eigenvalue weighted by Crippen LogP contribution is -2.50. The molecule has 0 unspecified atom stereocenters. The van der Waals surface area contributed by atoms with Crippen LogP contribution in [0.4, 0.5) is 5.69 Å². The van der Waals surface area contributed by atoms with E-state index in [0.717, 1.165) is 11.1 Å². The highest BCUT2D eigenvalue weighted by Crippen LogP contribution is 2.43. The molecule has 0 aliphatic carbocycles. The summed E-state index contributed by atoms with van der Waals surface area (Å²) in [5.74, 6) is 1.84. The molecule has 1 aliphatic heterocycles. The Bertz CT molecular complexity index is 1740. The minimum absolute atomic E-state index is 0.0465. The molecule has 0 fully saturated rings. The number of amides is 1. The second kappa shape index (κ2) is 15.7. The summed E-state index contributed by atoms with van der Waals surface area (Å²) in [6, 6.07) is 29.6. The summed E-state index contributed by atoms with van der Waals surface area (Å²) in [5, 5.41) is 16.1. The van der Waals surface area contributed by atoms with Crippen LogP contribution in [0.1, 0.15) is 34.8 Å². The van der Waals surface area contributed by atoms with Gasteiger partial charge in [-0.15, -0.1) is 0 Å². The molecule has 2 N–H and O–H groups in total. The number of azide groups is 1. The van der Waals surface area contributed by atoms with Gasteiger partial charge in [-0.05, 0) is 65.0 Å². The Labute approximate surface area is 273 Å². The zero-order chi connectivity index (χ0) is 33.1. The number of hydrogen-bond acceptors (Lipinski definition) is 8. The van der Waals surface area contributed by atoms with Crippen molar-refractivity contribution in [2.24, 2.45) is 10.1 Å².